The van der Waals surface area contributed by atoms with Gasteiger partial charge in [0.05, 0.1) is 14.7 Å². The fraction of sp³-hybridized carbons (Fsp3) is 0.250. The third-order valence-electron chi connectivity index (χ3n) is 3.87. The molecule has 0 N–H and O–H groups in total. The Hall–Kier alpha value is -1.97. The number of nitro groups is 1. The first-order chi connectivity index (χ1) is 11.9. The van der Waals surface area contributed by atoms with Gasteiger partial charge >= 0.3 is 0 Å². The fourth-order valence-corrected chi connectivity index (χ4v) is 5.03. The van der Waals surface area contributed by atoms with E-state index in [2.05, 4.69) is 0 Å². The van der Waals surface area contributed by atoms with Crippen molar-refractivity contribution < 1.29 is 17.7 Å². The molecule has 132 valence electrons. The molecule has 1 aliphatic heterocycles. The van der Waals surface area contributed by atoms with Crippen molar-refractivity contribution in [1.29, 1.82) is 0 Å². The van der Waals surface area contributed by atoms with Crippen LogP contribution < -0.4 is 0 Å². The van der Waals surface area contributed by atoms with Crippen LogP contribution >= 0.6 is 11.8 Å². The number of halogens is 1. The molecule has 0 aliphatic carbocycles. The number of hydrogen-bond donors (Lipinski definition) is 0. The van der Waals surface area contributed by atoms with Gasteiger partial charge in [-0.2, -0.15) is 4.31 Å². The maximum atomic E-state index is 13.0. The van der Waals surface area contributed by atoms with Gasteiger partial charge in [0, 0.05) is 24.1 Å². The lowest BCUT2D eigenvalue weighted by molar-refractivity contribution is -0.388. The molecule has 0 saturated carbocycles. The van der Waals surface area contributed by atoms with Gasteiger partial charge in [-0.1, -0.05) is 11.8 Å². The van der Waals surface area contributed by atoms with Crippen LogP contribution in [0.4, 0.5) is 10.1 Å². The molecule has 6 nitrogen and oxygen atoms in total. The summed E-state index contributed by atoms with van der Waals surface area (Å²) in [5.41, 5.74) is -0.283. The Kier molecular flexibility index (Phi) is 5.07. The fourth-order valence-electron chi connectivity index (χ4n) is 2.59. The molecular formula is C16H15FN2O4S2. The van der Waals surface area contributed by atoms with Crippen molar-refractivity contribution in [2.75, 3.05) is 13.1 Å². The normalized spacial score (nSPS) is 15.4. The lowest BCUT2D eigenvalue weighted by Crippen LogP contribution is -2.27. The third kappa shape index (κ3) is 3.83. The van der Waals surface area contributed by atoms with Crippen LogP contribution in [0.3, 0.4) is 0 Å². The highest BCUT2D eigenvalue weighted by molar-refractivity contribution is 7.99. The SMILES string of the molecule is O=[N+]([O-])c1cc(S(=O)(=O)N2CCCC2)ccc1Sc1ccc(F)cc1. The molecule has 9 heteroatoms. The van der Waals surface area contributed by atoms with Gasteiger partial charge in [-0.05, 0) is 49.2 Å². The summed E-state index contributed by atoms with van der Waals surface area (Å²) in [6, 6.07) is 9.46. The van der Waals surface area contributed by atoms with Gasteiger partial charge in [0.2, 0.25) is 10.0 Å². The zero-order valence-corrected chi connectivity index (χ0v) is 14.7. The molecule has 0 unspecified atom stereocenters. The van der Waals surface area contributed by atoms with E-state index in [0.29, 0.717) is 22.9 Å². The highest BCUT2D eigenvalue weighted by Gasteiger charge is 2.29. The molecule has 25 heavy (non-hydrogen) atoms. The summed E-state index contributed by atoms with van der Waals surface area (Å²) in [5.74, 6) is -0.397. The Labute approximate surface area is 148 Å². The Balaban J connectivity index is 1.95. The predicted molar refractivity (Wildman–Crippen MR) is 91.6 cm³/mol. The highest BCUT2D eigenvalue weighted by Crippen LogP contribution is 2.37. The van der Waals surface area contributed by atoms with Crippen molar-refractivity contribution in [3.63, 3.8) is 0 Å². The van der Waals surface area contributed by atoms with Crippen molar-refractivity contribution in [3.8, 4) is 0 Å². The minimum atomic E-state index is -3.72. The van der Waals surface area contributed by atoms with E-state index in [0.717, 1.165) is 30.7 Å². The minimum absolute atomic E-state index is 0.0791. The second kappa shape index (κ2) is 7.11. The van der Waals surface area contributed by atoms with Crippen LogP contribution in [-0.4, -0.2) is 30.7 Å². The van der Waals surface area contributed by atoms with E-state index >= 15 is 0 Å². The molecule has 0 atom stereocenters. The number of nitrogens with zero attached hydrogens (tertiary/aromatic N) is 2. The van der Waals surface area contributed by atoms with E-state index in [9.17, 15) is 22.9 Å². The van der Waals surface area contributed by atoms with Gasteiger partial charge in [-0.25, -0.2) is 12.8 Å². The van der Waals surface area contributed by atoms with Crippen LogP contribution in [0.2, 0.25) is 0 Å². The van der Waals surface area contributed by atoms with Crippen LogP contribution in [0.15, 0.2) is 57.2 Å². The van der Waals surface area contributed by atoms with Crippen molar-refractivity contribution in [2.24, 2.45) is 0 Å². The molecule has 3 rings (SSSR count). The largest absolute Gasteiger partial charge is 0.284 e. The lowest BCUT2D eigenvalue weighted by Gasteiger charge is -2.15. The van der Waals surface area contributed by atoms with Crippen molar-refractivity contribution in [3.05, 3.63) is 58.4 Å². The summed E-state index contributed by atoms with van der Waals surface area (Å²) in [4.78, 5) is 11.6. The molecule has 0 amide bonds. The van der Waals surface area contributed by atoms with Crippen LogP contribution in [0.1, 0.15) is 12.8 Å². The predicted octanol–water partition coefficient (Wildman–Crippen LogP) is 3.67. The van der Waals surface area contributed by atoms with E-state index in [1.165, 1.54) is 40.7 Å². The summed E-state index contributed by atoms with van der Waals surface area (Å²) in [5, 5.41) is 11.4. The van der Waals surface area contributed by atoms with E-state index in [4.69, 9.17) is 0 Å². The Bertz CT molecular complexity index is 895. The quantitative estimate of drug-likeness (QED) is 0.582. The van der Waals surface area contributed by atoms with Crippen LogP contribution in [0.5, 0.6) is 0 Å². The van der Waals surface area contributed by atoms with E-state index in [1.807, 2.05) is 0 Å². The first kappa shape index (κ1) is 17.8. The van der Waals surface area contributed by atoms with E-state index in [-0.39, 0.29) is 10.6 Å². The maximum Gasteiger partial charge on any atom is 0.284 e. The van der Waals surface area contributed by atoms with Crippen LogP contribution in [-0.2, 0) is 10.0 Å². The van der Waals surface area contributed by atoms with Crippen molar-refractivity contribution in [1.82, 2.24) is 4.31 Å². The number of rotatable bonds is 5. The molecule has 2 aromatic rings. The summed E-state index contributed by atoms with van der Waals surface area (Å²) in [7, 11) is -3.72. The second-order valence-electron chi connectivity index (χ2n) is 5.55. The van der Waals surface area contributed by atoms with Gasteiger partial charge in [0.15, 0.2) is 0 Å². The van der Waals surface area contributed by atoms with Crippen molar-refractivity contribution >= 4 is 27.5 Å². The summed E-state index contributed by atoms with van der Waals surface area (Å²) in [6.45, 7) is 0.865. The molecular weight excluding hydrogens is 367 g/mol. The zero-order chi connectivity index (χ0) is 18.0. The molecule has 0 bridgehead atoms. The van der Waals surface area contributed by atoms with Crippen LogP contribution in [0.25, 0.3) is 0 Å². The van der Waals surface area contributed by atoms with Crippen LogP contribution in [0, 0.1) is 15.9 Å². The first-order valence-corrected chi connectivity index (χ1v) is 9.85. The Morgan fingerprint density at radius 2 is 1.72 bits per heavy atom. The average molecular weight is 382 g/mol. The Morgan fingerprint density at radius 1 is 1.08 bits per heavy atom. The van der Waals surface area contributed by atoms with E-state index in [1.54, 1.807) is 0 Å². The van der Waals surface area contributed by atoms with E-state index < -0.39 is 20.8 Å². The molecule has 1 heterocycles. The average Bonchev–Trinajstić information content (AvgIpc) is 3.12. The van der Waals surface area contributed by atoms with Gasteiger partial charge in [-0.3, -0.25) is 10.1 Å². The number of nitro benzene ring substituents is 1. The van der Waals surface area contributed by atoms with Crippen molar-refractivity contribution in [2.45, 2.75) is 27.5 Å². The van der Waals surface area contributed by atoms with Gasteiger partial charge < -0.3 is 0 Å². The molecule has 0 spiro atoms. The van der Waals surface area contributed by atoms with Gasteiger partial charge in [-0.15, -0.1) is 0 Å². The highest BCUT2D eigenvalue weighted by atomic mass is 32.2. The van der Waals surface area contributed by atoms with Gasteiger partial charge in [0.1, 0.15) is 5.82 Å². The minimum Gasteiger partial charge on any atom is -0.258 e. The first-order valence-electron chi connectivity index (χ1n) is 7.60. The topological polar surface area (TPSA) is 80.5 Å². The standard InChI is InChI=1S/C16H15FN2O4S2/c17-12-3-5-13(6-4-12)24-16-8-7-14(11-15(16)19(20)21)25(22,23)18-9-1-2-10-18/h3-8,11H,1-2,9-10H2. The summed E-state index contributed by atoms with van der Waals surface area (Å²) >= 11 is 1.09. The lowest BCUT2D eigenvalue weighted by atomic mass is 10.3. The third-order valence-corrected chi connectivity index (χ3v) is 6.84. The zero-order valence-electron chi connectivity index (χ0n) is 13.1. The molecule has 0 aromatic heterocycles. The Morgan fingerprint density at radius 3 is 2.32 bits per heavy atom. The maximum absolute atomic E-state index is 13.0. The number of hydrogen-bond acceptors (Lipinski definition) is 5. The summed E-state index contributed by atoms with van der Waals surface area (Å²) < 4.78 is 39.5. The molecule has 1 saturated heterocycles. The molecule has 0 radical (unpaired) electrons. The smallest absolute Gasteiger partial charge is 0.258 e. The number of benzene rings is 2. The monoisotopic (exact) mass is 382 g/mol. The molecule has 1 fully saturated rings. The number of sulfonamides is 1. The molecule has 1 aliphatic rings. The summed E-state index contributed by atoms with van der Waals surface area (Å²) in [6.07, 6.45) is 1.58. The van der Waals surface area contributed by atoms with Gasteiger partial charge in [0.25, 0.3) is 5.69 Å². The second-order valence-corrected chi connectivity index (χ2v) is 8.61. The molecule has 2 aromatic carbocycles.